The highest BCUT2D eigenvalue weighted by molar-refractivity contribution is 6.31. The second-order valence-electron chi connectivity index (χ2n) is 6.31. The van der Waals surface area contributed by atoms with Crippen molar-refractivity contribution in [3.8, 4) is 22.8 Å². The summed E-state index contributed by atoms with van der Waals surface area (Å²) in [4.78, 5) is 12.5. The molecule has 0 saturated heterocycles. The van der Waals surface area contributed by atoms with E-state index in [1.54, 1.807) is 32.2 Å². The number of aromatic nitrogens is 2. The van der Waals surface area contributed by atoms with E-state index in [4.69, 9.17) is 25.7 Å². The third kappa shape index (κ3) is 4.26. The lowest BCUT2D eigenvalue weighted by Crippen LogP contribution is -2.30. The average Bonchev–Trinajstić information content (AvgIpc) is 3.12. The fourth-order valence-corrected chi connectivity index (χ4v) is 2.77. The van der Waals surface area contributed by atoms with E-state index in [2.05, 4.69) is 15.6 Å². The smallest absolute Gasteiger partial charge is 0.266 e. The molecule has 7 nitrogen and oxygen atoms in total. The van der Waals surface area contributed by atoms with Crippen LogP contribution in [0.4, 0.5) is 5.82 Å². The molecule has 1 amide bonds. The van der Waals surface area contributed by atoms with Crippen molar-refractivity contribution < 1.29 is 18.9 Å². The van der Waals surface area contributed by atoms with Crippen molar-refractivity contribution in [1.82, 2.24) is 10.3 Å². The van der Waals surface area contributed by atoms with Gasteiger partial charge in [-0.05, 0) is 78.6 Å². The summed E-state index contributed by atoms with van der Waals surface area (Å²) >= 11 is 6.01. The standard InChI is InChI=1S/C20H20ClN3O4/c1-11-10-15(6-7-16(11)21)27-13(3)20(25)22-19-18(23-28-24-19)14-5-8-17(26-4)12(2)9-14/h5-10,13H,1-4H3,(H,22,24,25). The molecule has 3 rings (SSSR count). The summed E-state index contributed by atoms with van der Waals surface area (Å²) in [7, 11) is 1.61. The Labute approximate surface area is 167 Å². The Balaban J connectivity index is 1.73. The number of ether oxygens (including phenoxy) is 2. The number of methoxy groups -OCH3 is 1. The highest BCUT2D eigenvalue weighted by atomic mass is 35.5. The topological polar surface area (TPSA) is 86.5 Å². The highest BCUT2D eigenvalue weighted by Crippen LogP contribution is 2.29. The minimum atomic E-state index is -0.761. The monoisotopic (exact) mass is 401 g/mol. The second kappa shape index (κ2) is 8.31. The molecule has 2 aromatic carbocycles. The van der Waals surface area contributed by atoms with Gasteiger partial charge >= 0.3 is 0 Å². The zero-order chi connectivity index (χ0) is 20.3. The maximum absolute atomic E-state index is 12.5. The maximum atomic E-state index is 12.5. The number of benzene rings is 2. The number of carbonyl (C=O) groups excluding carboxylic acids is 1. The Morgan fingerprint density at radius 3 is 2.61 bits per heavy atom. The molecule has 146 valence electrons. The SMILES string of the molecule is COc1ccc(-c2nonc2NC(=O)C(C)Oc2ccc(Cl)c(C)c2)cc1C. The van der Waals surface area contributed by atoms with Crippen LogP contribution in [-0.2, 0) is 4.79 Å². The number of rotatable bonds is 6. The average molecular weight is 402 g/mol. The fourth-order valence-electron chi connectivity index (χ4n) is 2.65. The molecule has 1 unspecified atom stereocenters. The van der Waals surface area contributed by atoms with Gasteiger partial charge in [-0.25, -0.2) is 4.63 Å². The number of carbonyl (C=O) groups is 1. The van der Waals surface area contributed by atoms with E-state index < -0.39 is 6.10 Å². The summed E-state index contributed by atoms with van der Waals surface area (Å²) in [6.45, 7) is 5.42. The molecule has 3 aromatic rings. The van der Waals surface area contributed by atoms with Crippen LogP contribution in [-0.4, -0.2) is 29.4 Å². The number of halogens is 1. The van der Waals surface area contributed by atoms with Crippen molar-refractivity contribution in [2.24, 2.45) is 0 Å². The van der Waals surface area contributed by atoms with Gasteiger partial charge in [0.25, 0.3) is 5.91 Å². The van der Waals surface area contributed by atoms with E-state index in [9.17, 15) is 4.79 Å². The number of aryl methyl sites for hydroxylation is 2. The van der Waals surface area contributed by atoms with Crippen molar-refractivity contribution in [3.63, 3.8) is 0 Å². The van der Waals surface area contributed by atoms with Crippen LogP contribution in [0.2, 0.25) is 5.02 Å². The van der Waals surface area contributed by atoms with Crippen LogP contribution in [0.5, 0.6) is 11.5 Å². The van der Waals surface area contributed by atoms with Crippen molar-refractivity contribution >= 4 is 23.3 Å². The van der Waals surface area contributed by atoms with Gasteiger partial charge in [-0.15, -0.1) is 0 Å². The molecule has 1 N–H and O–H groups in total. The molecule has 0 aliphatic carbocycles. The van der Waals surface area contributed by atoms with Crippen LogP contribution in [0.1, 0.15) is 18.1 Å². The van der Waals surface area contributed by atoms with Gasteiger partial charge in [-0.1, -0.05) is 11.6 Å². The highest BCUT2D eigenvalue weighted by Gasteiger charge is 2.21. The fraction of sp³-hybridized carbons (Fsp3) is 0.250. The minimum Gasteiger partial charge on any atom is -0.496 e. The summed E-state index contributed by atoms with van der Waals surface area (Å²) in [5, 5.41) is 11.0. The Kier molecular flexibility index (Phi) is 5.84. The molecule has 1 atom stereocenters. The van der Waals surface area contributed by atoms with Crippen molar-refractivity contribution in [3.05, 3.63) is 52.5 Å². The summed E-state index contributed by atoms with van der Waals surface area (Å²) < 4.78 is 15.8. The molecular formula is C20H20ClN3O4. The molecule has 0 spiro atoms. The van der Waals surface area contributed by atoms with Crippen molar-refractivity contribution in [2.45, 2.75) is 26.9 Å². The van der Waals surface area contributed by atoms with Gasteiger partial charge in [-0.3, -0.25) is 4.79 Å². The van der Waals surface area contributed by atoms with E-state index in [1.165, 1.54) is 0 Å². The van der Waals surface area contributed by atoms with E-state index >= 15 is 0 Å². The molecule has 28 heavy (non-hydrogen) atoms. The van der Waals surface area contributed by atoms with Gasteiger partial charge in [0.15, 0.2) is 11.8 Å². The largest absolute Gasteiger partial charge is 0.496 e. The summed E-state index contributed by atoms with van der Waals surface area (Å²) in [6.07, 6.45) is -0.761. The Bertz CT molecular complexity index is 1000. The van der Waals surface area contributed by atoms with E-state index in [-0.39, 0.29) is 11.7 Å². The maximum Gasteiger partial charge on any atom is 0.266 e. The van der Waals surface area contributed by atoms with Gasteiger partial charge in [0.2, 0.25) is 5.82 Å². The molecule has 1 heterocycles. The molecule has 8 heteroatoms. The van der Waals surface area contributed by atoms with Crippen molar-refractivity contribution in [1.29, 1.82) is 0 Å². The predicted octanol–water partition coefficient (Wildman–Crippen LogP) is 4.42. The van der Waals surface area contributed by atoms with Crippen LogP contribution >= 0.6 is 11.6 Å². The van der Waals surface area contributed by atoms with Crippen LogP contribution < -0.4 is 14.8 Å². The van der Waals surface area contributed by atoms with Crippen molar-refractivity contribution in [2.75, 3.05) is 12.4 Å². The number of hydrogen-bond acceptors (Lipinski definition) is 6. The lowest BCUT2D eigenvalue weighted by Gasteiger charge is -2.14. The van der Waals surface area contributed by atoms with E-state index in [1.807, 2.05) is 32.0 Å². The van der Waals surface area contributed by atoms with E-state index in [0.717, 1.165) is 22.4 Å². The van der Waals surface area contributed by atoms with E-state index in [0.29, 0.717) is 16.5 Å². The number of amides is 1. The number of nitrogens with zero attached hydrogens (tertiary/aromatic N) is 2. The summed E-state index contributed by atoms with van der Waals surface area (Å²) in [6, 6.07) is 10.7. The first-order chi connectivity index (χ1) is 13.4. The van der Waals surface area contributed by atoms with Crippen LogP contribution in [0.15, 0.2) is 41.0 Å². The van der Waals surface area contributed by atoms with Crippen LogP contribution in [0.3, 0.4) is 0 Å². The Morgan fingerprint density at radius 1 is 1.14 bits per heavy atom. The first-order valence-electron chi connectivity index (χ1n) is 8.60. The Morgan fingerprint density at radius 2 is 1.93 bits per heavy atom. The molecule has 1 aromatic heterocycles. The molecule has 0 bridgehead atoms. The third-order valence-corrected chi connectivity index (χ3v) is 4.63. The summed E-state index contributed by atoms with van der Waals surface area (Å²) in [5.74, 6) is 1.15. The molecule has 0 fully saturated rings. The lowest BCUT2D eigenvalue weighted by atomic mass is 10.1. The van der Waals surface area contributed by atoms with Gasteiger partial charge in [-0.2, -0.15) is 0 Å². The van der Waals surface area contributed by atoms with Crippen LogP contribution in [0, 0.1) is 13.8 Å². The first-order valence-corrected chi connectivity index (χ1v) is 8.98. The zero-order valence-corrected chi connectivity index (χ0v) is 16.7. The van der Waals surface area contributed by atoms with Gasteiger partial charge in [0.1, 0.15) is 11.5 Å². The van der Waals surface area contributed by atoms with Gasteiger partial charge in [0.05, 0.1) is 7.11 Å². The quantitative estimate of drug-likeness (QED) is 0.657. The summed E-state index contributed by atoms with van der Waals surface area (Å²) in [5.41, 5.74) is 2.96. The second-order valence-corrected chi connectivity index (χ2v) is 6.71. The number of anilines is 1. The lowest BCUT2D eigenvalue weighted by molar-refractivity contribution is -0.122. The number of hydrogen-bond donors (Lipinski definition) is 1. The molecular weight excluding hydrogens is 382 g/mol. The third-order valence-electron chi connectivity index (χ3n) is 4.21. The molecule has 0 radical (unpaired) electrons. The van der Waals surface area contributed by atoms with Gasteiger partial charge < -0.3 is 14.8 Å². The first kappa shape index (κ1) is 19.7. The molecule has 0 saturated carbocycles. The normalized spacial score (nSPS) is 11.8. The predicted molar refractivity (Wildman–Crippen MR) is 106 cm³/mol. The zero-order valence-electron chi connectivity index (χ0n) is 15.9. The Hall–Kier alpha value is -3.06. The minimum absolute atomic E-state index is 0.220. The van der Waals surface area contributed by atoms with Crippen LogP contribution in [0.25, 0.3) is 11.3 Å². The molecule has 0 aliphatic heterocycles. The van der Waals surface area contributed by atoms with Gasteiger partial charge in [0, 0.05) is 10.6 Å². The number of nitrogens with one attached hydrogen (secondary N) is 1. The molecule has 0 aliphatic rings.